The molecule has 0 radical (unpaired) electrons. The molecule has 0 bridgehead atoms. The van der Waals surface area contributed by atoms with E-state index < -0.39 is 0 Å². The lowest BCUT2D eigenvalue weighted by Gasteiger charge is -2.10. The zero-order valence-electron chi connectivity index (χ0n) is 12.9. The molecule has 4 rings (SSSR count). The number of hydrogen-bond acceptors (Lipinski definition) is 4. The number of fused-ring (bicyclic) bond motifs is 2. The molecule has 0 saturated heterocycles. The van der Waals surface area contributed by atoms with Crippen molar-refractivity contribution in [2.24, 2.45) is 0 Å². The Kier molecular flexibility index (Phi) is 3.24. The molecular weight excluding hydrogens is 302 g/mol. The van der Waals surface area contributed by atoms with Crippen molar-refractivity contribution < 1.29 is 14.0 Å². The third-order valence-corrected chi connectivity index (χ3v) is 4.05. The first-order valence-electron chi connectivity index (χ1n) is 7.58. The molecule has 24 heavy (non-hydrogen) atoms. The Morgan fingerprint density at radius 2 is 1.54 bits per heavy atom. The topological polar surface area (TPSA) is 60.2 Å². The van der Waals surface area contributed by atoms with E-state index in [1.165, 1.54) is 0 Å². The van der Waals surface area contributed by atoms with Gasteiger partial charge in [0.25, 0.3) is 0 Å². The fourth-order valence-electron chi connectivity index (χ4n) is 2.80. The van der Waals surface area contributed by atoms with Gasteiger partial charge in [-0.3, -0.25) is 9.59 Å². The van der Waals surface area contributed by atoms with Crippen LogP contribution in [-0.4, -0.2) is 16.6 Å². The third kappa shape index (κ3) is 2.20. The number of benzene rings is 2. The molecule has 2 aromatic carbocycles. The van der Waals surface area contributed by atoms with E-state index >= 15 is 0 Å². The summed E-state index contributed by atoms with van der Waals surface area (Å²) in [5, 5.41) is 0. The molecule has 0 unspecified atom stereocenters. The molecule has 116 valence electrons. The van der Waals surface area contributed by atoms with E-state index in [9.17, 15) is 9.59 Å². The first-order chi connectivity index (χ1) is 11.6. The summed E-state index contributed by atoms with van der Waals surface area (Å²) in [6.45, 7) is 1.93. The van der Waals surface area contributed by atoms with Crippen molar-refractivity contribution in [1.29, 1.82) is 0 Å². The highest BCUT2D eigenvalue weighted by Gasteiger charge is 2.34. The second-order valence-corrected chi connectivity index (χ2v) is 5.63. The van der Waals surface area contributed by atoms with Gasteiger partial charge in [-0.1, -0.05) is 54.6 Å². The third-order valence-electron chi connectivity index (χ3n) is 4.05. The Labute approximate surface area is 138 Å². The van der Waals surface area contributed by atoms with Gasteiger partial charge in [0.1, 0.15) is 0 Å². The number of ketones is 2. The summed E-state index contributed by atoms with van der Waals surface area (Å²) in [5.74, 6) is -0.299. The number of aromatic nitrogens is 1. The van der Waals surface area contributed by atoms with Crippen LogP contribution in [0.25, 0.3) is 11.6 Å². The lowest BCUT2D eigenvalue weighted by atomic mass is 9.91. The molecule has 1 aromatic heterocycles. The van der Waals surface area contributed by atoms with Crippen LogP contribution in [0.4, 0.5) is 0 Å². The molecule has 0 aliphatic heterocycles. The maximum atomic E-state index is 12.5. The van der Waals surface area contributed by atoms with Gasteiger partial charge in [-0.05, 0) is 18.1 Å². The molecule has 0 saturated carbocycles. The van der Waals surface area contributed by atoms with Crippen LogP contribution in [0.5, 0.6) is 0 Å². The highest BCUT2D eigenvalue weighted by molar-refractivity contribution is 6.26. The van der Waals surface area contributed by atoms with Crippen molar-refractivity contribution in [2.45, 2.75) is 6.92 Å². The lowest BCUT2D eigenvalue weighted by molar-refractivity contribution is 0.0958. The van der Waals surface area contributed by atoms with Crippen LogP contribution in [0.2, 0.25) is 0 Å². The molecule has 0 N–H and O–H groups in total. The largest absolute Gasteiger partial charge is 0.432 e. The van der Waals surface area contributed by atoms with Crippen molar-refractivity contribution in [1.82, 2.24) is 4.98 Å². The van der Waals surface area contributed by atoms with E-state index in [0.717, 1.165) is 11.1 Å². The van der Waals surface area contributed by atoms with E-state index in [-0.39, 0.29) is 28.9 Å². The normalized spacial score (nSPS) is 13.6. The van der Waals surface area contributed by atoms with Gasteiger partial charge in [0, 0.05) is 17.2 Å². The van der Waals surface area contributed by atoms with Gasteiger partial charge in [0.15, 0.2) is 5.69 Å². The van der Waals surface area contributed by atoms with Gasteiger partial charge in [0.05, 0.1) is 0 Å². The molecule has 4 heteroatoms. The number of hydrogen-bond donors (Lipinski definition) is 0. The van der Waals surface area contributed by atoms with E-state index in [1.807, 2.05) is 37.3 Å². The highest BCUT2D eigenvalue weighted by Crippen LogP contribution is 2.28. The number of nitrogens with zero attached hydrogens (tertiary/aromatic N) is 1. The second kappa shape index (κ2) is 5.42. The van der Waals surface area contributed by atoms with Gasteiger partial charge in [-0.25, -0.2) is 4.98 Å². The number of allylic oxidation sites excluding steroid dienone is 1. The molecule has 1 aliphatic rings. The summed E-state index contributed by atoms with van der Waals surface area (Å²) in [5.41, 5.74) is 2.78. The summed E-state index contributed by atoms with van der Waals surface area (Å²) in [6, 6.07) is 16.5. The van der Waals surface area contributed by atoms with Gasteiger partial charge in [-0.2, -0.15) is 0 Å². The summed E-state index contributed by atoms with van der Waals surface area (Å²) < 4.78 is 5.58. The van der Waals surface area contributed by atoms with Crippen LogP contribution in [0.15, 0.2) is 59.0 Å². The lowest BCUT2D eigenvalue weighted by Crippen LogP contribution is -2.19. The molecule has 0 fully saturated rings. The summed E-state index contributed by atoms with van der Waals surface area (Å²) >= 11 is 0. The Hall–Kier alpha value is -3.27. The molecule has 3 aromatic rings. The van der Waals surface area contributed by atoms with E-state index in [2.05, 4.69) is 4.98 Å². The summed E-state index contributed by atoms with van der Waals surface area (Å²) in [6.07, 6.45) is 1.74. The van der Waals surface area contributed by atoms with Crippen LogP contribution >= 0.6 is 0 Å². The van der Waals surface area contributed by atoms with Crippen molar-refractivity contribution in [3.8, 4) is 0 Å². The van der Waals surface area contributed by atoms with Gasteiger partial charge in [-0.15, -0.1) is 0 Å². The predicted molar refractivity (Wildman–Crippen MR) is 89.8 cm³/mol. The minimum absolute atomic E-state index is 0.0193. The summed E-state index contributed by atoms with van der Waals surface area (Å²) in [4.78, 5) is 29.3. The molecule has 0 amide bonds. The maximum absolute atomic E-state index is 12.5. The highest BCUT2D eigenvalue weighted by atomic mass is 16.4. The van der Waals surface area contributed by atoms with Crippen molar-refractivity contribution >= 4 is 23.2 Å². The Morgan fingerprint density at radius 3 is 2.25 bits per heavy atom. The fourth-order valence-corrected chi connectivity index (χ4v) is 2.80. The van der Waals surface area contributed by atoms with Crippen molar-refractivity contribution in [3.63, 3.8) is 0 Å². The fraction of sp³-hybridized carbons (Fsp3) is 0.0500. The van der Waals surface area contributed by atoms with Crippen LogP contribution in [0, 0.1) is 0 Å². The maximum Gasteiger partial charge on any atom is 0.231 e. The van der Waals surface area contributed by atoms with Crippen LogP contribution < -0.4 is 0 Å². The molecule has 4 nitrogen and oxygen atoms in total. The number of carbonyl (C=O) groups excluding carboxylic acids is 2. The van der Waals surface area contributed by atoms with Crippen LogP contribution in [0.3, 0.4) is 0 Å². The standard InChI is InChI=1S/C20H13NO3/c1-12(13-7-3-2-4-8-13)11-16-21-17-18(22)14-9-5-6-10-15(14)19(23)20(17)24-16/h2-11H,1H3/b12-11-. The quantitative estimate of drug-likeness (QED) is 0.561. The van der Waals surface area contributed by atoms with Gasteiger partial charge in [0.2, 0.25) is 23.2 Å². The zero-order chi connectivity index (χ0) is 16.7. The SMILES string of the molecule is C/C(=C/c1nc2c(o1)C(=O)c1ccccc1C2=O)c1ccccc1. The average Bonchev–Trinajstić information content (AvgIpc) is 3.04. The first kappa shape index (κ1) is 14.3. The van der Waals surface area contributed by atoms with E-state index in [4.69, 9.17) is 4.42 Å². The van der Waals surface area contributed by atoms with Crippen molar-refractivity contribution in [2.75, 3.05) is 0 Å². The molecule has 0 atom stereocenters. The summed E-state index contributed by atoms with van der Waals surface area (Å²) in [7, 11) is 0. The Bertz CT molecular complexity index is 944. The van der Waals surface area contributed by atoms with Crippen LogP contribution in [0.1, 0.15) is 50.5 Å². The smallest absolute Gasteiger partial charge is 0.231 e. The number of rotatable bonds is 2. The van der Waals surface area contributed by atoms with E-state index in [1.54, 1.807) is 30.3 Å². The second-order valence-electron chi connectivity index (χ2n) is 5.63. The molecule has 1 heterocycles. The van der Waals surface area contributed by atoms with Gasteiger partial charge >= 0.3 is 0 Å². The molecule has 1 aliphatic carbocycles. The van der Waals surface area contributed by atoms with Crippen LogP contribution in [-0.2, 0) is 0 Å². The predicted octanol–water partition coefficient (Wildman–Crippen LogP) is 4.01. The van der Waals surface area contributed by atoms with E-state index in [0.29, 0.717) is 11.1 Å². The average molecular weight is 315 g/mol. The molecular formula is C20H13NO3. The van der Waals surface area contributed by atoms with Gasteiger partial charge < -0.3 is 4.42 Å². The minimum Gasteiger partial charge on any atom is -0.432 e. The number of oxazole rings is 1. The molecule has 0 spiro atoms. The zero-order valence-corrected chi connectivity index (χ0v) is 12.9. The minimum atomic E-state index is -0.301. The van der Waals surface area contributed by atoms with Crippen molar-refractivity contribution in [3.05, 3.63) is 88.6 Å². The first-order valence-corrected chi connectivity index (χ1v) is 7.58. The monoisotopic (exact) mass is 315 g/mol. The Balaban J connectivity index is 1.78. The Morgan fingerprint density at radius 1 is 0.917 bits per heavy atom. The number of carbonyl (C=O) groups is 2.